The summed E-state index contributed by atoms with van der Waals surface area (Å²) < 4.78 is 27.2. The normalized spacial score (nSPS) is 22.8. The minimum absolute atomic E-state index is 0.0243. The lowest BCUT2D eigenvalue weighted by molar-refractivity contribution is 0.170. The third kappa shape index (κ3) is 2.85. The molecule has 108 valence electrons. The van der Waals surface area contributed by atoms with Crippen molar-refractivity contribution in [3.8, 4) is 0 Å². The largest absolute Gasteiger partial charge is 0.391 e. The summed E-state index contributed by atoms with van der Waals surface area (Å²) in [5, 5.41) is 9.19. The number of hydrogen-bond acceptors (Lipinski definition) is 5. The van der Waals surface area contributed by atoms with Gasteiger partial charge in [0.15, 0.2) is 0 Å². The Kier molecular flexibility index (Phi) is 4.32. The lowest BCUT2D eigenvalue weighted by Crippen LogP contribution is -2.52. The molecule has 2 heterocycles. The maximum Gasteiger partial charge on any atom is 0.252 e. The second-order valence-corrected chi connectivity index (χ2v) is 8.31. The van der Waals surface area contributed by atoms with E-state index in [9.17, 15) is 13.5 Å². The van der Waals surface area contributed by atoms with Crippen molar-refractivity contribution in [2.45, 2.75) is 30.7 Å². The van der Waals surface area contributed by atoms with Gasteiger partial charge >= 0.3 is 0 Å². The zero-order chi connectivity index (χ0) is 14.2. The van der Waals surface area contributed by atoms with Crippen LogP contribution in [0.1, 0.15) is 17.4 Å². The Morgan fingerprint density at radius 3 is 2.68 bits per heavy atom. The van der Waals surface area contributed by atoms with Crippen molar-refractivity contribution >= 4 is 21.4 Å². The zero-order valence-corrected chi connectivity index (χ0v) is 13.1. The highest BCUT2D eigenvalue weighted by Crippen LogP contribution is 2.30. The van der Waals surface area contributed by atoms with Crippen molar-refractivity contribution < 1.29 is 13.5 Å². The highest BCUT2D eigenvalue weighted by molar-refractivity contribution is 7.91. The number of aryl methyl sites for hydroxylation is 1. The first-order valence-corrected chi connectivity index (χ1v) is 8.52. The van der Waals surface area contributed by atoms with Gasteiger partial charge in [0.25, 0.3) is 10.0 Å². The molecular formula is C12H20N2O3S2. The molecule has 0 aromatic carbocycles. The molecule has 7 heteroatoms. The van der Waals surface area contributed by atoms with Crippen LogP contribution in [0.3, 0.4) is 0 Å². The lowest BCUT2D eigenvalue weighted by Gasteiger charge is -2.36. The molecule has 1 saturated heterocycles. The Balaban J connectivity index is 2.31. The first kappa shape index (κ1) is 14.9. The maximum atomic E-state index is 12.6. The van der Waals surface area contributed by atoms with E-state index in [2.05, 4.69) is 4.90 Å². The van der Waals surface area contributed by atoms with Gasteiger partial charge in [0, 0.05) is 30.6 Å². The van der Waals surface area contributed by atoms with Crippen LogP contribution in [-0.2, 0) is 16.6 Å². The van der Waals surface area contributed by atoms with Gasteiger partial charge in [0.2, 0.25) is 0 Å². The molecule has 1 unspecified atom stereocenters. The summed E-state index contributed by atoms with van der Waals surface area (Å²) in [6.45, 7) is 5.67. The fourth-order valence-electron chi connectivity index (χ4n) is 2.37. The summed E-state index contributed by atoms with van der Waals surface area (Å²) in [5.41, 5.74) is 0.841. The summed E-state index contributed by atoms with van der Waals surface area (Å²) in [4.78, 5) is 2.86. The maximum absolute atomic E-state index is 12.6. The predicted octanol–water partition coefficient (Wildman–Crippen LogP) is 0.873. The van der Waals surface area contributed by atoms with E-state index in [0.717, 1.165) is 23.5 Å². The molecule has 19 heavy (non-hydrogen) atoms. The molecule has 2 rings (SSSR count). The van der Waals surface area contributed by atoms with Crippen LogP contribution < -0.4 is 0 Å². The monoisotopic (exact) mass is 304 g/mol. The van der Waals surface area contributed by atoms with E-state index in [1.807, 2.05) is 20.9 Å². The molecule has 0 radical (unpaired) electrons. The number of piperazine rings is 1. The fraction of sp³-hybridized carbons (Fsp3) is 0.667. The van der Waals surface area contributed by atoms with E-state index in [1.165, 1.54) is 11.3 Å². The van der Waals surface area contributed by atoms with Crippen molar-refractivity contribution in [2.75, 3.05) is 26.7 Å². The summed E-state index contributed by atoms with van der Waals surface area (Å²) in [6.07, 6.45) is 0. The van der Waals surface area contributed by atoms with Gasteiger partial charge in [-0.05, 0) is 32.5 Å². The smallest absolute Gasteiger partial charge is 0.252 e. The van der Waals surface area contributed by atoms with Gasteiger partial charge in [0.1, 0.15) is 4.21 Å². The Hall–Kier alpha value is -0.470. The van der Waals surface area contributed by atoms with Crippen molar-refractivity contribution in [1.29, 1.82) is 0 Å². The average Bonchev–Trinajstić information content (AvgIpc) is 2.70. The summed E-state index contributed by atoms with van der Waals surface area (Å²) in [6, 6.07) is 1.64. The zero-order valence-electron chi connectivity index (χ0n) is 11.5. The molecule has 1 aromatic rings. The van der Waals surface area contributed by atoms with Crippen molar-refractivity contribution in [2.24, 2.45) is 0 Å². The Morgan fingerprint density at radius 1 is 1.47 bits per heavy atom. The molecule has 0 saturated carbocycles. The summed E-state index contributed by atoms with van der Waals surface area (Å²) in [7, 11) is -1.43. The van der Waals surface area contributed by atoms with Crippen molar-refractivity contribution in [3.05, 3.63) is 16.5 Å². The van der Waals surface area contributed by atoms with Crippen LogP contribution in [0, 0.1) is 6.92 Å². The fourth-order valence-corrected chi connectivity index (χ4v) is 5.56. The van der Waals surface area contributed by atoms with Crippen LogP contribution in [0.15, 0.2) is 10.3 Å². The molecule has 0 bridgehead atoms. The van der Waals surface area contributed by atoms with Gasteiger partial charge in [-0.1, -0.05) is 0 Å². The Morgan fingerprint density at radius 2 is 2.16 bits per heavy atom. The number of thiophene rings is 1. The molecule has 0 amide bonds. The van der Waals surface area contributed by atoms with Crippen LogP contribution in [0.5, 0.6) is 0 Å². The Labute approximate surface area is 118 Å². The van der Waals surface area contributed by atoms with Gasteiger partial charge in [-0.15, -0.1) is 11.3 Å². The standard InChI is InChI=1S/C12H20N2O3S2/c1-9-6-12(18-11(9)8-15)19(16,17)14-5-4-13(3)7-10(14)2/h6,10,15H,4-5,7-8H2,1-3H3. The van der Waals surface area contributed by atoms with Gasteiger partial charge in [-0.2, -0.15) is 4.31 Å². The number of aliphatic hydroxyl groups is 1. The van der Waals surface area contributed by atoms with E-state index >= 15 is 0 Å². The molecule has 5 nitrogen and oxygen atoms in total. The first-order chi connectivity index (χ1) is 8.86. The van der Waals surface area contributed by atoms with E-state index in [1.54, 1.807) is 10.4 Å². The third-order valence-corrected chi connectivity index (χ3v) is 7.16. The molecule has 0 aliphatic carbocycles. The lowest BCUT2D eigenvalue weighted by atomic mass is 10.2. The molecule has 1 atom stereocenters. The van der Waals surface area contributed by atoms with Gasteiger partial charge in [0.05, 0.1) is 6.61 Å². The van der Waals surface area contributed by atoms with E-state index in [0.29, 0.717) is 10.8 Å². The first-order valence-electron chi connectivity index (χ1n) is 6.27. The second kappa shape index (κ2) is 5.49. The van der Waals surface area contributed by atoms with E-state index in [-0.39, 0.29) is 12.6 Å². The second-order valence-electron chi connectivity index (χ2n) is 5.06. The number of sulfonamides is 1. The molecule has 1 aliphatic heterocycles. The SMILES string of the molecule is Cc1cc(S(=O)(=O)N2CCN(C)CC2C)sc1CO. The highest BCUT2D eigenvalue weighted by Gasteiger charge is 2.33. The predicted molar refractivity (Wildman–Crippen MR) is 75.8 cm³/mol. The number of aliphatic hydroxyl groups excluding tert-OH is 1. The topological polar surface area (TPSA) is 60.9 Å². The molecule has 1 aromatic heterocycles. The van der Waals surface area contributed by atoms with Crippen LogP contribution in [0.4, 0.5) is 0 Å². The van der Waals surface area contributed by atoms with Crippen LogP contribution in [0.25, 0.3) is 0 Å². The number of rotatable bonds is 3. The number of nitrogens with zero attached hydrogens (tertiary/aromatic N) is 2. The molecule has 1 aliphatic rings. The number of hydrogen-bond donors (Lipinski definition) is 1. The quantitative estimate of drug-likeness (QED) is 0.900. The van der Waals surface area contributed by atoms with Crippen molar-refractivity contribution in [1.82, 2.24) is 9.21 Å². The number of likely N-dealkylation sites (N-methyl/N-ethyl adjacent to an activating group) is 1. The van der Waals surface area contributed by atoms with Crippen molar-refractivity contribution in [3.63, 3.8) is 0 Å². The van der Waals surface area contributed by atoms with Crippen LogP contribution >= 0.6 is 11.3 Å². The van der Waals surface area contributed by atoms with E-state index < -0.39 is 10.0 Å². The van der Waals surface area contributed by atoms with Crippen LogP contribution in [-0.4, -0.2) is 55.5 Å². The third-order valence-electron chi connectivity index (χ3n) is 3.47. The average molecular weight is 304 g/mol. The molecule has 0 spiro atoms. The summed E-state index contributed by atoms with van der Waals surface area (Å²) >= 11 is 1.17. The van der Waals surface area contributed by atoms with Crippen LogP contribution in [0.2, 0.25) is 0 Å². The molecular weight excluding hydrogens is 284 g/mol. The molecule has 1 N–H and O–H groups in total. The van der Waals surface area contributed by atoms with E-state index in [4.69, 9.17) is 0 Å². The van der Waals surface area contributed by atoms with Gasteiger partial charge in [-0.3, -0.25) is 0 Å². The molecule has 1 fully saturated rings. The van der Waals surface area contributed by atoms with Gasteiger partial charge in [-0.25, -0.2) is 8.42 Å². The summed E-state index contributed by atoms with van der Waals surface area (Å²) in [5.74, 6) is 0. The highest BCUT2D eigenvalue weighted by atomic mass is 32.2. The van der Waals surface area contributed by atoms with Gasteiger partial charge < -0.3 is 10.0 Å². The Bertz CT molecular complexity index is 553. The minimum atomic E-state index is -3.43. The minimum Gasteiger partial charge on any atom is -0.391 e.